The molecule has 0 spiro atoms. The molecule has 6 N–H and O–H groups in total. The van der Waals surface area contributed by atoms with Gasteiger partial charge in [-0.1, -0.05) is 26.0 Å². The van der Waals surface area contributed by atoms with Gasteiger partial charge in [-0.3, -0.25) is 9.59 Å². The molecular formula is C20H25F3N6O2. The second-order valence-corrected chi connectivity index (χ2v) is 7.54. The first-order valence-electron chi connectivity index (χ1n) is 9.57. The summed E-state index contributed by atoms with van der Waals surface area (Å²) in [4.78, 5) is 30.9. The number of halogens is 3. The van der Waals surface area contributed by atoms with Gasteiger partial charge in [-0.05, 0) is 36.5 Å². The normalized spacial score (nSPS) is 12.5. The van der Waals surface area contributed by atoms with Crippen molar-refractivity contribution in [2.45, 2.75) is 32.9 Å². The van der Waals surface area contributed by atoms with Crippen molar-refractivity contribution >= 4 is 29.3 Å². The Morgan fingerprint density at radius 1 is 1.13 bits per heavy atom. The Labute approximate surface area is 177 Å². The van der Waals surface area contributed by atoms with Crippen molar-refractivity contribution in [1.29, 1.82) is 0 Å². The van der Waals surface area contributed by atoms with E-state index in [2.05, 4.69) is 20.6 Å². The number of nitrogens with zero attached hydrogens (tertiary/aromatic N) is 2. The highest BCUT2D eigenvalue weighted by molar-refractivity contribution is 5.97. The maximum atomic E-state index is 12.5. The van der Waals surface area contributed by atoms with E-state index in [0.29, 0.717) is 24.4 Å². The molecule has 11 heteroatoms. The standard InChI is InChI=1S/C20H25F3N6O2/c1-11(2)7-13(16(24)30)8-12-3-5-14(6-4-12)28-19-26-9-15(17(25)31)18(29-19)27-10-20(21,22)23/h3-6,9,11,13H,7-8,10H2,1-2H3,(H2,24,30)(H2,25,31)(H2,26,27,28,29)/t13-/m1/s1. The highest BCUT2D eigenvalue weighted by atomic mass is 19.4. The van der Waals surface area contributed by atoms with Crippen LogP contribution in [0, 0.1) is 11.8 Å². The van der Waals surface area contributed by atoms with Crippen LogP contribution in [0.25, 0.3) is 0 Å². The van der Waals surface area contributed by atoms with Crippen LogP contribution in [-0.2, 0) is 11.2 Å². The van der Waals surface area contributed by atoms with E-state index in [9.17, 15) is 22.8 Å². The molecule has 0 aliphatic carbocycles. The number of anilines is 3. The van der Waals surface area contributed by atoms with Gasteiger partial charge in [0.2, 0.25) is 11.9 Å². The SMILES string of the molecule is CC(C)C[C@H](Cc1ccc(Nc2ncc(C(N)=O)c(NCC(F)(F)F)n2)cc1)C(N)=O. The van der Waals surface area contributed by atoms with E-state index >= 15 is 0 Å². The summed E-state index contributed by atoms with van der Waals surface area (Å²) in [5.41, 5.74) is 11.9. The lowest BCUT2D eigenvalue weighted by Gasteiger charge is -2.16. The van der Waals surface area contributed by atoms with Gasteiger partial charge in [0.25, 0.3) is 5.91 Å². The van der Waals surface area contributed by atoms with E-state index in [0.717, 1.165) is 11.8 Å². The molecular weight excluding hydrogens is 413 g/mol. The molecule has 1 aromatic heterocycles. The molecule has 0 aliphatic heterocycles. The molecule has 168 valence electrons. The number of carbonyl (C=O) groups excluding carboxylic acids is 2. The fraction of sp³-hybridized carbons (Fsp3) is 0.400. The number of alkyl halides is 3. The number of hydrogen-bond acceptors (Lipinski definition) is 6. The number of amides is 2. The Kier molecular flexibility index (Phi) is 7.78. The van der Waals surface area contributed by atoms with Crippen molar-refractivity contribution in [3.8, 4) is 0 Å². The minimum Gasteiger partial charge on any atom is -0.369 e. The molecule has 0 aliphatic rings. The van der Waals surface area contributed by atoms with Crippen molar-refractivity contribution in [1.82, 2.24) is 9.97 Å². The van der Waals surface area contributed by atoms with Crippen molar-refractivity contribution < 1.29 is 22.8 Å². The third kappa shape index (κ3) is 7.76. The van der Waals surface area contributed by atoms with Crippen LogP contribution in [0.4, 0.5) is 30.6 Å². The van der Waals surface area contributed by atoms with E-state index in [1.807, 2.05) is 13.8 Å². The first kappa shape index (κ1) is 23.9. The number of nitrogens with one attached hydrogen (secondary N) is 2. The Morgan fingerprint density at radius 2 is 1.77 bits per heavy atom. The van der Waals surface area contributed by atoms with Gasteiger partial charge in [0.05, 0.1) is 5.56 Å². The van der Waals surface area contributed by atoms with Crippen LogP contribution >= 0.6 is 0 Å². The fourth-order valence-electron chi connectivity index (χ4n) is 2.95. The topological polar surface area (TPSA) is 136 Å². The molecule has 2 aromatic rings. The maximum Gasteiger partial charge on any atom is 0.405 e. The molecule has 0 fully saturated rings. The zero-order valence-electron chi connectivity index (χ0n) is 17.2. The monoisotopic (exact) mass is 438 g/mol. The smallest absolute Gasteiger partial charge is 0.369 e. The Balaban J connectivity index is 2.13. The Bertz CT molecular complexity index is 916. The highest BCUT2D eigenvalue weighted by Gasteiger charge is 2.28. The number of nitrogens with two attached hydrogens (primary N) is 2. The lowest BCUT2D eigenvalue weighted by molar-refractivity contribution is -0.122. The van der Waals surface area contributed by atoms with E-state index < -0.39 is 18.6 Å². The van der Waals surface area contributed by atoms with Crippen molar-refractivity contribution in [2.75, 3.05) is 17.2 Å². The molecule has 1 atom stereocenters. The summed E-state index contributed by atoms with van der Waals surface area (Å²) < 4.78 is 37.5. The lowest BCUT2D eigenvalue weighted by Crippen LogP contribution is -2.26. The van der Waals surface area contributed by atoms with Crippen LogP contribution in [0.1, 0.15) is 36.2 Å². The third-order valence-electron chi connectivity index (χ3n) is 4.36. The van der Waals surface area contributed by atoms with Gasteiger partial charge in [-0.2, -0.15) is 18.2 Å². The summed E-state index contributed by atoms with van der Waals surface area (Å²) in [7, 11) is 0. The molecule has 0 saturated heterocycles. The zero-order chi connectivity index (χ0) is 23.2. The molecule has 31 heavy (non-hydrogen) atoms. The summed E-state index contributed by atoms with van der Waals surface area (Å²) in [6.07, 6.45) is -2.26. The van der Waals surface area contributed by atoms with Gasteiger partial charge in [0.1, 0.15) is 12.4 Å². The molecule has 0 radical (unpaired) electrons. The van der Waals surface area contributed by atoms with Crippen molar-refractivity contribution in [3.63, 3.8) is 0 Å². The minimum atomic E-state index is -4.50. The largest absolute Gasteiger partial charge is 0.405 e. The summed E-state index contributed by atoms with van der Waals surface area (Å²) in [5, 5.41) is 4.91. The first-order valence-corrected chi connectivity index (χ1v) is 9.57. The van der Waals surface area contributed by atoms with E-state index in [1.54, 1.807) is 24.3 Å². The van der Waals surface area contributed by atoms with Crippen LogP contribution in [0.2, 0.25) is 0 Å². The van der Waals surface area contributed by atoms with Crippen molar-refractivity contribution in [3.05, 3.63) is 41.6 Å². The fourth-order valence-corrected chi connectivity index (χ4v) is 2.95. The maximum absolute atomic E-state index is 12.5. The lowest BCUT2D eigenvalue weighted by atomic mass is 9.90. The van der Waals surface area contributed by atoms with Crippen molar-refractivity contribution in [2.24, 2.45) is 23.3 Å². The molecule has 2 rings (SSSR count). The number of rotatable bonds is 10. The van der Waals surface area contributed by atoms with Crippen LogP contribution in [0.15, 0.2) is 30.5 Å². The highest BCUT2D eigenvalue weighted by Crippen LogP contribution is 2.22. The second-order valence-electron chi connectivity index (χ2n) is 7.54. The average molecular weight is 438 g/mol. The number of benzene rings is 1. The average Bonchev–Trinajstić information content (AvgIpc) is 2.66. The van der Waals surface area contributed by atoms with Gasteiger partial charge in [-0.25, -0.2) is 4.98 Å². The quantitative estimate of drug-likeness (QED) is 0.450. The minimum absolute atomic E-state index is 0.0164. The van der Waals surface area contributed by atoms with E-state index in [-0.39, 0.29) is 29.2 Å². The van der Waals surface area contributed by atoms with Crippen LogP contribution in [0.5, 0.6) is 0 Å². The summed E-state index contributed by atoms with van der Waals surface area (Å²) in [6.45, 7) is 2.66. The van der Waals surface area contributed by atoms with Crippen LogP contribution in [-0.4, -0.2) is 34.5 Å². The molecule has 1 aromatic carbocycles. The molecule has 2 amide bonds. The molecule has 1 heterocycles. The van der Waals surface area contributed by atoms with Gasteiger partial charge in [-0.15, -0.1) is 0 Å². The summed E-state index contributed by atoms with van der Waals surface area (Å²) in [5.74, 6) is -1.58. The first-order chi connectivity index (χ1) is 14.4. The summed E-state index contributed by atoms with van der Waals surface area (Å²) in [6, 6.07) is 7.05. The van der Waals surface area contributed by atoms with Gasteiger partial charge in [0, 0.05) is 17.8 Å². The molecule has 0 saturated carbocycles. The van der Waals surface area contributed by atoms with Crippen LogP contribution in [0.3, 0.4) is 0 Å². The zero-order valence-corrected chi connectivity index (χ0v) is 17.2. The number of carbonyl (C=O) groups is 2. The van der Waals surface area contributed by atoms with Gasteiger partial charge in [0.15, 0.2) is 0 Å². The Morgan fingerprint density at radius 3 is 2.29 bits per heavy atom. The third-order valence-corrected chi connectivity index (χ3v) is 4.36. The van der Waals surface area contributed by atoms with E-state index in [4.69, 9.17) is 11.5 Å². The molecule has 0 unspecified atom stereocenters. The predicted molar refractivity (Wildman–Crippen MR) is 111 cm³/mol. The molecule has 8 nitrogen and oxygen atoms in total. The molecule has 0 bridgehead atoms. The van der Waals surface area contributed by atoms with Gasteiger partial charge < -0.3 is 22.1 Å². The Hall–Kier alpha value is -3.37. The summed E-state index contributed by atoms with van der Waals surface area (Å²) >= 11 is 0. The van der Waals surface area contributed by atoms with E-state index in [1.165, 1.54) is 0 Å². The van der Waals surface area contributed by atoms with Gasteiger partial charge >= 0.3 is 6.18 Å². The second kappa shape index (κ2) is 10.1. The number of aromatic nitrogens is 2. The van der Waals surface area contributed by atoms with Crippen LogP contribution < -0.4 is 22.1 Å². The predicted octanol–water partition coefficient (Wildman–Crippen LogP) is 2.98. The number of primary amides is 2. The number of hydrogen-bond donors (Lipinski definition) is 4.